The zero-order chi connectivity index (χ0) is 4.99. The minimum absolute atomic E-state index is 0.708. The first-order valence-corrected chi connectivity index (χ1v) is 1.50. The molecule has 0 aromatic carbocycles. The van der Waals surface area contributed by atoms with Crippen LogP contribution < -0.4 is 0 Å². The van der Waals surface area contributed by atoms with Crippen molar-refractivity contribution in [3.05, 3.63) is 6.43 Å². The lowest BCUT2D eigenvalue weighted by molar-refractivity contribution is 0.251. The molecule has 0 saturated carbocycles. The Balaban J connectivity index is 2.63. The van der Waals surface area contributed by atoms with Crippen molar-refractivity contribution in [1.29, 1.82) is 0 Å². The first-order valence-electron chi connectivity index (χ1n) is 1.50. The van der Waals surface area contributed by atoms with E-state index >= 15 is 0 Å². The van der Waals surface area contributed by atoms with Crippen LogP contribution in [0.2, 0.25) is 0 Å². The maximum atomic E-state index is 10.7. The third-order valence-electron chi connectivity index (χ3n) is 0.283. The molecule has 0 bridgehead atoms. The minimum Gasteiger partial charge on any atom is -0.251 e. The summed E-state index contributed by atoms with van der Waals surface area (Å²) in [5, 5.41) is 0. The topological polar surface area (TPSA) is 0 Å². The van der Waals surface area contributed by atoms with Crippen LogP contribution in [0.1, 0.15) is 6.42 Å². The van der Waals surface area contributed by atoms with Crippen LogP contribution in [-0.4, -0.2) is 6.67 Å². The van der Waals surface area contributed by atoms with Crippen LogP contribution in [0.15, 0.2) is 0 Å². The summed E-state index contributed by atoms with van der Waals surface area (Å²) in [4.78, 5) is 0. The average Bonchev–Trinajstić information content (AvgIpc) is 1.35. The highest BCUT2D eigenvalue weighted by molar-refractivity contribution is 4.55. The van der Waals surface area contributed by atoms with E-state index in [1.54, 1.807) is 0 Å². The summed E-state index contributed by atoms with van der Waals surface area (Å²) < 4.78 is 32.2. The molecule has 0 aromatic heterocycles. The third kappa shape index (κ3) is 3.79. The molecule has 0 nitrogen and oxygen atoms in total. The number of alkyl halides is 1. The van der Waals surface area contributed by atoms with Gasteiger partial charge in [-0.2, -0.15) is 8.78 Å². The first-order chi connectivity index (χ1) is 2.77. The fourth-order valence-corrected chi connectivity index (χ4v) is 0.0714. The standard InChI is InChI=1S/C3H4F3/c4-2-1-3(5)6/h1-2H2. The quantitative estimate of drug-likeness (QED) is 0.492. The van der Waals surface area contributed by atoms with Crippen LogP contribution in [0.25, 0.3) is 0 Å². The number of hydrogen-bond acceptors (Lipinski definition) is 0. The molecule has 0 atom stereocenters. The van der Waals surface area contributed by atoms with Crippen LogP contribution >= 0.6 is 0 Å². The van der Waals surface area contributed by atoms with Crippen LogP contribution in [-0.2, 0) is 0 Å². The fourth-order valence-electron chi connectivity index (χ4n) is 0.0714. The van der Waals surface area contributed by atoms with E-state index in [0.717, 1.165) is 0 Å². The minimum atomic E-state index is -1.84. The molecule has 1 radical (unpaired) electrons. The van der Waals surface area contributed by atoms with Gasteiger partial charge in [0.1, 0.15) is 0 Å². The van der Waals surface area contributed by atoms with Crippen molar-refractivity contribution in [3.8, 4) is 0 Å². The highest BCUT2D eigenvalue weighted by Gasteiger charge is 2.01. The largest absolute Gasteiger partial charge is 0.312 e. The van der Waals surface area contributed by atoms with E-state index in [-0.39, 0.29) is 0 Å². The van der Waals surface area contributed by atoms with E-state index in [0.29, 0.717) is 0 Å². The highest BCUT2D eigenvalue weighted by atomic mass is 19.3. The van der Waals surface area contributed by atoms with Gasteiger partial charge in [0.05, 0.1) is 6.67 Å². The Kier molecular flexibility index (Phi) is 2.89. The summed E-state index contributed by atoms with van der Waals surface area (Å²) in [6.07, 6.45) is -2.54. The van der Waals surface area contributed by atoms with Crippen molar-refractivity contribution >= 4 is 0 Å². The van der Waals surface area contributed by atoms with Gasteiger partial charge in [-0.25, -0.2) is 0 Å². The van der Waals surface area contributed by atoms with Gasteiger partial charge >= 0.3 is 6.43 Å². The van der Waals surface area contributed by atoms with Crippen molar-refractivity contribution in [2.24, 2.45) is 0 Å². The van der Waals surface area contributed by atoms with Crippen LogP contribution in [0.5, 0.6) is 0 Å². The predicted octanol–water partition coefficient (Wildman–Crippen LogP) is 1.77. The number of rotatable bonds is 2. The average molecular weight is 97.1 g/mol. The van der Waals surface area contributed by atoms with Gasteiger partial charge in [-0.3, -0.25) is 4.39 Å². The molecule has 0 amide bonds. The highest BCUT2D eigenvalue weighted by Crippen LogP contribution is 2.06. The van der Waals surface area contributed by atoms with Crippen molar-refractivity contribution < 1.29 is 13.2 Å². The molecule has 0 rings (SSSR count). The molecule has 6 heavy (non-hydrogen) atoms. The predicted molar refractivity (Wildman–Crippen MR) is 16.1 cm³/mol. The Morgan fingerprint density at radius 1 is 1.33 bits per heavy atom. The summed E-state index contributed by atoms with van der Waals surface area (Å²) in [7, 11) is 0. The molecule has 0 saturated heterocycles. The fraction of sp³-hybridized carbons (Fsp3) is 0.667. The molecule has 37 valence electrons. The van der Waals surface area contributed by atoms with Gasteiger partial charge in [-0.15, -0.1) is 0 Å². The Morgan fingerprint density at radius 2 is 1.83 bits per heavy atom. The van der Waals surface area contributed by atoms with E-state index in [1.165, 1.54) is 0 Å². The van der Waals surface area contributed by atoms with E-state index in [9.17, 15) is 13.2 Å². The van der Waals surface area contributed by atoms with Crippen molar-refractivity contribution in [2.45, 2.75) is 6.42 Å². The smallest absolute Gasteiger partial charge is 0.251 e. The Hall–Kier alpha value is -0.210. The molecular formula is C3H4F3. The molecule has 3 heteroatoms. The van der Waals surface area contributed by atoms with Gasteiger partial charge in [0, 0.05) is 6.42 Å². The molecule has 0 aromatic rings. The molecule has 0 aliphatic rings. The van der Waals surface area contributed by atoms with Gasteiger partial charge in [0.2, 0.25) is 0 Å². The number of hydrogen-bond donors (Lipinski definition) is 0. The molecule has 0 heterocycles. The first kappa shape index (κ1) is 5.79. The van der Waals surface area contributed by atoms with E-state index < -0.39 is 19.5 Å². The molecule has 0 N–H and O–H groups in total. The van der Waals surface area contributed by atoms with Gasteiger partial charge in [0.25, 0.3) is 0 Å². The molecular weight excluding hydrogens is 93.0 g/mol. The van der Waals surface area contributed by atoms with E-state index in [1.807, 2.05) is 0 Å². The van der Waals surface area contributed by atoms with E-state index in [4.69, 9.17) is 0 Å². The lowest BCUT2D eigenvalue weighted by Crippen LogP contribution is -1.78. The summed E-state index contributed by atoms with van der Waals surface area (Å²) in [5.41, 5.74) is 0. The van der Waals surface area contributed by atoms with Crippen molar-refractivity contribution in [3.63, 3.8) is 0 Å². The SMILES string of the molecule is FCC[C](F)F. The van der Waals surface area contributed by atoms with Crippen molar-refractivity contribution in [2.75, 3.05) is 6.67 Å². The van der Waals surface area contributed by atoms with Gasteiger partial charge in [-0.05, 0) is 0 Å². The zero-order valence-corrected chi connectivity index (χ0v) is 3.05. The maximum absolute atomic E-state index is 10.7. The second-order valence-electron chi connectivity index (χ2n) is 0.778. The van der Waals surface area contributed by atoms with Crippen LogP contribution in [0, 0.1) is 6.43 Å². The molecule has 0 unspecified atom stereocenters. The number of halogens is 3. The molecule has 0 spiro atoms. The molecule has 0 aliphatic heterocycles. The summed E-state index contributed by atoms with van der Waals surface area (Å²) >= 11 is 0. The Labute approximate surface area is 34.0 Å². The van der Waals surface area contributed by atoms with Gasteiger partial charge in [-0.1, -0.05) is 0 Å². The summed E-state index contributed by atoms with van der Waals surface area (Å²) in [6, 6.07) is 0. The second-order valence-corrected chi connectivity index (χ2v) is 0.778. The van der Waals surface area contributed by atoms with Gasteiger partial charge in [0.15, 0.2) is 0 Å². The Bertz CT molecular complexity index is 27.2. The summed E-state index contributed by atoms with van der Waals surface area (Å²) in [5.74, 6) is 0. The maximum Gasteiger partial charge on any atom is 0.312 e. The third-order valence-corrected chi connectivity index (χ3v) is 0.283. The van der Waals surface area contributed by atoms with Crippen molar-refractivity contribution in [1.82, 2.24) is 0 Å². The normalized spacial score (nSPS) is 10.0. The molecule has 0 aliphatic carbocycles. The zero-order valence-electron chi connectivity index (χ0n) is 3.05. The monoisotopic (exact) mass is 97.0 g/mol. The lowest BCUT2D eigenvalue weighted by Gasteiger charge is -1.83. The van der Waals surface area contributed by atoms with Crippen LogP contribution in [0.4, 0.5) is 13.2 Å². The second kappa shape index (κ2) is 3.00. The lowest BCUT2D eigenvalue weighted by atomic mass is 10.5. The Morgan fingerprint density at radius 3 is 1.83 bits per heavy atom. The van der Waals surface area contributed by atoms with Crippen LogP contribution in [0.3, 0.4) is 0 Å². The summed E-state index contributed by atoms with van der Waals surface area (Å²) in [6.45, 7) is -0.956. The van der Waals surface area contributed by atoms with E-state index in [2.05, 4.69) is 0 Å². The molecule has 0 fully saturated rings. The van der Waals surface area contributed by atoms with Gasteiger partial charge < -0.3 is 0 Å².